The molecule has 2 aromatic carbocycles. The molecule has 2 aromatic heterocycles. The van der Waals surface area contributed by atoms with Gasteiger partial charge in [-0.25, -0.2) is 4.98 Å². The Hall–Kier alpha value is -4.01. The van der Waals surface area contributed by atoms with Gasteiger partial charge in [0.15, 0.2) is 17.1 Å². The van der Waals surface area contributed by atoms with Crippen molar-refractivity contribution < 1.29 is 23.0 Å². The lowest BCUT2D eigenvalue weighted by molar-refractivity contribution is -0.0512. The summed E-state index contributed by atoms with van der Waals surface area (Å²) in [5, 5.41) is 8.09. The molecule has 0 saturated heterocycles. The minimum atomic E-state index is -2.94. The monoisotopic (exact) mass is 466 g/mol. The highest BCUT2D eigenvalue weighted by molar-refractivity contribution is 6.07. The first-order valence-electron chi connectivity index (χ1n) is 10.7. The third kappa shape index (κ3) is 4.83. The molecule has 0 atom stereocenters. The number of nitrogens with one attached hydrogen (secondary N) is 1. The van der Waals surface area contributed by atoms with Crippen molar-refractivity contribution in [3.8, 4) is 22.8 Å². The Bertz CT molecular complexity index is 1320. The quantitative estimate of drug-likeness (QED) is 0.413. The van der Waals surface area contributed by atoms with Crippen molar-refractivity contribution in [1.82, 2.24) is 20.1 Å². The van der Waals surface area contributed by atoms with Crippen LogP contribution in [-0.4, -0.2) is 40.9 Å². The van der Waals surface area contributed by atoms with Gasteiger partial charge in [0.1, 0.15) is 0 Å². The highest BCUT2D eigenvalue weighted by atomic mass is 19.3. The summed E-state index contributed by atoms with van der Waals surface area (Å²) >= 11 is 0. The average Bonchev–Trinajstić information content (AvgIpc) is 3.12. The number of aryl methyl sites for hydroxylation is 2. The van der Waals surface area contributed by atoms with Crippen LogP contribution in [0.5, 0.6) is 11.5 Å². The molecule has 176 valence electrons. The van der Waals surface area contributed by atoms with Gasteiger partial charge in [0.2, 0.25) is 0 Å². The Morgan fingerprint density at radius 2 is 1.88 bits per heavy atom. The number of amides is 1. The van der Waals surface area contributed by atoms with Gasteiger partial charge in [-0.3, -0.25) is 9.48 Å². The summed E-state index contributed by atoms with van der Waals surface area (Å²) in [6, 6.07) is 16.1. The standard InChI is InChI=1S/C25H24F2N4O3/c1-15-22-18(14-19(17-7-5-4-6-8-17)29-23(22)31(2)30-15)24(32)28-12-11-16-9-10-20(34-25(26)27)21(13-16)33-3/h4-10,13-14,25H,11-12H2,1-3H3,(H,28,32). The maximum atomic E-state index is 13.2. The molecule has 4 rings (SSSR count). The number of carbonyl (C=O) groups is 1. The van der Waals surface area contributed by atoms with Crippen LogP contribution in [0.3, 0.4) is 0 Å². The molecular formula is C25H24F2N4O3. The van der Waals surface area contributed by atoms with E-state index in [1.54, 1.807) is 29.9 Å². The number of carbonyl (C=O) groups excluding carboxylic acids is 1. The van der Waals surface area contributed by atoms with Crippen LogP contribution < -0.4 is 14.8 Å². The molecule has 0 spiro atoms. The van der Waals surface area contributed by atoms with Crippen LogP contribution in [0.15, 0.2) is 54.6 Å². The summed E-state index contributed by atoms with van der Waals surface area (Å²) in [4.78, 5) is 17.9. The molecule has 1 N–H and O–H groups in total. The second-order valence-corrected chi connectivity index (χ2v) is 7.70. The summed E-state index contributed by atoms with van der Waals surface area (Å²) < 4.78 is 36.3. The summed E-state index contributed by atoms with van der Waals surface area (Å²) in [5.74, 6) is -0.0753. The number of pyridine rings is 1. The number of rotatable bonds is 8. The topological polar surface area (TPSA) is 78.3 Å². The van der Waals surface area contributed by atoms with Gasteiger partial charge in [-0.15, -0.1) is 0 Å². The molecule has 0 fully saturated rings. The number of benzene rings is 2. The Morgan fingerprint density at radius 3 is 2.59 bits per heavy atom. The zero-order chi connectivity index (χ0) is 24.2. The van der Waals surface area contributed by atoms with Gasteiger partial charge in [0.05, 0.1) is 29.4 Å². The zero-order valence-electron chi connectivity index (χ0n) is 19.0. The van der Waals surface area contributed by atoms with Crippen LogP contribution >= 0.6 is 0 Å². The number of hydrogen-bond donors (Lipinski definition) is 1. The maximum Gasteiger partial charge on any atom is 0.387 e. The van der Waals surface area contributed by atoms with Crippen molar-refractivity contribution in [3.05, 3.63) is 71.4 Å². The van der Waals surface area contributed by atoms with Crippen molar-refractivity contribution >= 4 is 16.9 Å². The van der Waals surface area contributed by atoms with Crippen LogP contribution in [0.25, 0.3) is 22.3 Å². The minimum absolute atomic E-state index is 0.0371. The van der Waals surface area contributed by atoms with Gasteiger partial charge in [-0.1, -0.05) is 36.4 Å². The SMILES string of the molecule is COc1cc(CCNC(=O)c2cc(-c3ccccc3)nc3c2c(C)nn3C)ccc1OC(F)F. The third-order valence-electron chi connectivity index (χ3n) is 5.43. The van der Waals surface area contributed by atoms with E-state index < -0.39 is 6.61 Å². The Labute approximate surface area is 195 Å². The van der Waals surface area contributed by atoms with Crippen LogP contribution in [0.2, 0.25) is 0 Å². The molecule has 9 heteroatoms. The normalized spacial score (nSPS) is 11.1. The summed E-state index contributed by atoms with van der Waals surface area (Å²) in [7, 11) is 3.18. The average molecular weight is 466 g/mol. The van der Waals surface area contributed by atoms with Crippen LogP contribution in [-0.2, 0) is 13.5 Å². The molecule has 2 heterocycles. The van der Waals surface area contributed by atoms with Gasteiger partial charge in [-0.2, -0.15) is 13.9 Å². The van der Waals surface area contributed by atoms with E-state index in [-0.39, 0.29) is 17.4 Å². The van der Waals surface area contributed by atoms with Crippen LogP contribution in [0.4, 0.5) is 8.78 Å². The fourth-order valence-electron chi connectivity index (χ4n) is 3.86. The number of aromatic nitrogens is 3. The van der Waals surface area contributed by atoms with Crippen molar-refractivity contribution in [2.24, 2.45) is 7.05 Å². The minimum Gasteiger partial charge on any atom is -0.493 e. The fourth-order valence-corrected chi connectivity index (χ4v) is 3.86. The van der Waals surface area contributed by atoms with E-state index >= 15 is 0 Å². The number of alkyl halides is 2. The largest absolute Gasteiger partial charge is 0.493 e. The van der Waals surface area contributed by atoms with Gasteiger partial charge in [-0.05, 0) is 37.1 Å². The second kappa shape index (κ2) is 9.86. The summed E-state index contributed by atoms with van der Waals surface area (Å²) in [5.41, 5.74) is 4.22. The number of halogens is 2. The molecule has 4 aromatic rings. The molecule has 1 amide bonds. The molecular weight excluding hydrogens is 442 g/mol. The first-order valence-corrected chi connectivity index (χ1v) is 10.7. The van der Waals surface area contributed by atoms with Crippen molar-refractivity contribution in [1.29, 1.82) is 0 Å². The van der Waals surface area contributed by atoms with Crippen molar-refractivity contribution in [2.45, 2.75) is 20.0 Å². The maximum absolute atomic E-state index is 13.2. The molecule has 0 aliphatic rings. The van der Waals surface area contributed by atoms with E-state index in [1.165, 1.54) is 13.2 Å². The number of methoxy groups -OCH3 is 1. The molecule has 0 saturated carbocycles. The van der Waals surface area contributed by atoms with E-state index in [4.69, 9.17) is 9.72 Å². The first-order chi connectivity index (χ1) is 16.4. The Balaban J connectivity index is 1.55. The summed E-state index contributed by atoms with van der Waals surface area (Å²) in [6.45, 7) is -0.757. The predicted octanol–water partition coefficient (Wildman–Crippen LogP) is 4.53. The molecule has 0 aliphatic heterocycles. The van der Waals surface area contributed by atoms with Crippen LogP contribution in [0, 0.1) is 6.92 Å². The zero-order valence-corrected chi connectivity index (χ0v) is 19.0. The molecule has 7 nitrogen and oxygen atoms in total. The lowest BCUT2D eigenvalue weighted by Gasteiger charge is -2.12. The number of ether oxygens (including phenoxy) is 2. The third-order valence-corrected chi connectivity index (χ3v) is 5.43. The molecule has 0 radical (unpaired) electrons. The lowest BCUT2D eigenvalue weighted by Crippen LogP contribution is -2.26. The van der Waals surface area contributed by atoms with Crippen LogP contribution in [0.1, 0.15) is 21.6 Å². The smallest absolute Gasteiger partial charge is 0.387 e. The van der Waals surface area contributed by atoms with E-state index in [0.717, 1.165) is 11.1 Å². The van der Waals surface area contributed by atoms with Gasteiger partial charge in [0, 0.05) is 19.2 Å². The second-order valence-electron chi connectivity index (χ2n) is 7.70. The Morgan fingerprint density at radius 1 is 1.12 bits per heavy atom. The van der Waals surface area contributed by atoms with E-state index in [1.807, 2.05) is 37.3 Å². The summed E-state index contributed by atoms with van der Waals surface area (Å²) in [6.07, 6.45) is 0.475. The predicted molar refractivity (Wildman–Crippen MR) is 124 cm³/mol. The Kier molecular flexibility index (Phi) is 6.72. The van der Waals surface area contributed by atoms with Gasteiger partial charge >= 0.3 is 6.61 Å². The van der Waals surface area contributed by atoms with Gasteiger partial charge in [0.25, 0.3) is 5.91 Å². The van der Waals surface area contributed by atoms with Crippen molar-refractivity contribution in [3.63, 3.8) is 0 Å². The molecule has 0 aliphatic carbocycles. The van der Waals surface area contributed by atoms with Crippen molar-refractivity contribution in [2.75, 3.05) is 13.7 Å². The fraction of sp³-hybridized carbons (Fsp3) is 0.240. The number of nitrogens with zero attached hydrogens (tertiary/aromatic N) is 3. The number of fused-ring (bicyclic) bond motifs is 1. The molecule has 0 bridgehead atoms. The van der Waals surface area contributed by atoms with Gasteiger partial charge < -0.3 is 14.8 Å². The van der Waals surface area contributed by atoms with E-state index in [9.17, 15) is 13.6 Å². The molecule has 0 unspecified atom stereocenters. The van der Waals surface area contributed by atoms with E-state index in [0.29, 0.717) is 41.0 Å². The molecule has 34 heavy (non-hydrogen) atoms. The lowest BCUT2D eigenvalue weighted by atomic mass is 10.0. The first kappa shape index (κ1) is 23.2. The highest BCUT2D eigenvalue weighted by Gasteiger charge is 2.19. The number of hydrogen-bond acceptors (Lipinski definition) is 5. The van der Waals surface area contributed by atoms with E-state index in [2.05, 4.69) is 15.2 Å². The highest BCUT2D eigenvalue weighted by Crippen LogP contribution is 2.30.